The molecule has 0 spiro atoms. The zero-order valence-corrected chi connectivity index (χ0v) is 15.1. The fourth-order valence-electron chi connectivity index (χ4n) is 2.46. The van der Waals surface area contributed by atoms with Gasteiger partial charge in [-0.2, -0.15) is 5.10 Å². The van der Waals surface area contributed by atoms with Crippen LogP contribution in [0, 0.1) is 6.92 Å². The van der Waals surface area contributed by atoms with Crippen LogP contribution in [-0.4, -0.2) is 22.8 Å². The van der Waals surface area contributed by atoms with Gasteiger partial charge in [0.15, 0.2) is 0 Å². The van der Waals surface area contributed by atoms with E-state index in [1.807, 2.05) is 30.3 Å². The topological polar surface area (TPSA) is 56.1 Å². The Morgan fingerprint density at radius 2 is 1.88 bits per heavy atom. The summed E-state index contributed by atoms with van der Waals surface area (Å²) in [5, 5.41) is 7.87. The van der Waals surface area contributed by atoms with Crippen molar-refractivity contribution in [1.82, 2.24) is 9.78 Å². The number of nitrogens with zero attached hydrogens (tertiary/aromatic N) is 2. The minimum absolute atomic E-state index is 0.238. The van der Waals surface area contributed by atoms with Gasteiger partial charge in [0.1, 0.15) is 16.5 Å². The number of para-hydroxylation sites is 1. The van der Waals surface area contributed by atoms with E-state index in [9.17, 15) is 4.79 Å². The number of halogens is 2. The summed E-state index contributed by atoms with van der Waals surface area (Å²) in [5.74, 6) is 0.118. The number of methoxy groups -OCH3 is 1. The van der Waals surface area contributed by atoms with E-state index in [4.69, 9.17) is 27.9 Å². The molecule has 3 rings (SSSR count). The van der Waals surface area contributed by atoms with Crippen LogP contribution >= 0.6 is 23.2 Å². The Morgan fingerprint density at radius 1 is 1.16 bits per heavy atom. The van der Waals surface area contributed by atoms with Crippen LogP contribution < -0.4 is 10.1 Å². The van der Waals surface area contributed by atoms with Gasteiger partial charge in [-0.15, -0.1) is 0 Å². The second-order valence-electron chi connectivity index (χ2n) is 5.30. The highest BCUT2D eigenvalue weighted by molar-refractivity contribution is 6.34. The Hall–Kier alpha value is -2.50. The highest BCUT2D eigenvalue weighted by Crippen LogP contribution is 2.30. The second-order valence-corrected chi connectivity index (χ2v) is 6.09. The van der Waals surface area contributed by atoms with E-state index in [1.54, 1.807) is 25.1 Å². The van der Waals surface area contributed by atoms with E-state index in [0.29, 0.717) is 27.7 Å². The van der Waals surface area contributed by atoms with Gasteiger partial charge in [0, 0.05) is 5.02 Å². The minimum Gasteiger partial charge on any atom is -0.495 e. The molecule has 25 heavy (non-hydrogen) atoms. The van der Waals surface area contributed by atoms with Gasteiger partial charge < -0.3 is 10.1 Å². The lowest BCUT2D eigenvalue weighted by molar-refractivity contribution is 0.102. The Balaban J connectivity index is 1.96. The van der Waals surface area contributed by atoms with Crippen LogP contribution in [0.5, 0.6) is 5.75 Å². The van der Waals surface area contributed by atoms with Crippen LogP contribution in [0.15, 0.2) is 48.5 Å². The van der Waals surface area contributed by atoms with Gasteiger partial charge in [-0.3, -0.25) is 4.79 Å². The number of aromatic nitrogens is 2. The summed E-state index contributed by atoms with van der Waals surface area (Å²) < 4.78 is 6.77. The third-order valence-corrected chi connectivity index (χ3v) is 4.23. The molecule has 5 nitrogen and oxygen atoms in total. The summed E-state index contributed by atoms with van der Waals surface area (Å²) in [6, 6.07) is 14.3. The fraction of sp³-hybridized carbons (Fsp3) is 0.111. The number of ether oxygens (including phenoxy) is 1. The molecule has 128 valence electrons. The van der Waals surface area contributed by atoms with Crippen LogP contribution in [0.3, 0.4) is 0 Å². The van der Waals surface area contributed by atoms with Crippen molar-refractivity contribution in [3.05, 3.63) is 70.0 Å². The maximum atomic E-state index is 12.7. The number of amides is 1. The van der Waals surface area contributed by atoms with Gasteiger partial charge in [-0.25, -0.2) is 4.68 Å². The zero-order valence-electron chi connectivity index (χ0n) is 13.6. The lowest BCUT2D eigenvalue weighted by atomic mass is 10.2. The first kappa shape index (κ1) is 17.3. The highest BCUT2D eigenvalue weighted by atomic mass is 35.5. The molecule has 0 aliphatic heterocycles. The third kappa shape index (κ3) is 3.48. The van der Waals surface area contributed by atoms with Crippen molar-refractivity contribution in [2.45, 2.75) is 6.92 Å². The number of hydrogen-bond acceptors (Lipinski definition) is 3. The number of hydrogen-bond donors (Lipinski definition) is 1. The minimum atomic E-state index is -0.384. The quantitative estimate of drug-likeness (QED) is 0.715. The van der Waals surface area contributed by atoms with Crippen LogP contribution in [0.1, 0.15) is 16.1 Å². The fourth-order valence-corrected chi connectivity index (χ4v) is 2.99. The van der Waals surface area contributed by atoms with Gasteiger partial charge in [0.05, 0.1) is 24.2 Å². The average Bonchev–Trinajstić information content (AvgIpc) is 2.90. The number of carbonyl (C=O) groups excluding carboxylic acids is 1. The van der Waals surface area contributed by atoms with Crippen molar-refractivity contribution in [1.29, 1.82) is 0 Å². The summed E-state index contributed by atoms with van der Waals surface area (Å²) >= 11 is 12.4. The number of aryl methyl sites for hydroxylation is 1. The maximum absolute atomic E-state index is 12.7. The lowest BCUT2D eigenvalue weighted by Gasteiger charge is -2.10. The van der Waals surface area contributed by atoms with E-state index in [2.05, 4.69) is 10.4 Å². The van der Waals surface area contributed by atoms with Gasteiger partial charge in [-0.05, 0) is 37.3 Å². The van der Waals surface area contributed by atoms with E-state index >= 15 is 0 Å². The van der Waals surface area contributed by atoms with Crippen molar-refractivity contribution in [2.75, 3.05) is 12.4 Å². The molecule has 0 bridgehead atoms. The van der Waals surface area contributed by atoms with Crippen molar-refractivity contribution in [2.24, 2.45) is 0 Å². The highest BCUT2D eigenvalue weighted by Gasteiger charge is 2.22. The third-order valence-electron chi connectivity index (χ3n) is 3.64. The number of anilines is 1. The molecule has 1 heterocycles. The molecule has 0 fully saturated rings. The largest absolute Gasteiger partial charge is 0.495 e. The predicted octanol–water partition coefficient (Wildman–Crippen LogP) is 4.75. The second kappa shape index (κ2) is 7.17. The Kier molecular flexibility index (Phi) is 4.97. The van der Waals surface area contributed by atoms with Crippen LogP contribution in [-0.2, 0) is 0 Å². The Bertz CT molecular complexity index is 924. The molecule has 2 aromatic carbocycles. The van der Waals surface area contributed by atoms with Crippen molar-refractivity contribution >= 4 is 34.8 Å². The van der Waals surface area contributed by atoms with E-state index < -0.39 is 0 Å². The maximum Gasteiger partial charge on any atom is 0.260 e. The first-order valence-corrected chi connectivity index (χ1v) is 8.22. The van der Waals surface area contributed by atoms with Gasteiger partial charge in [-0.1, -0.05) is 41.4 Å². The zero-order chi connectivity index (χ0) is 18.0. The molecule has 0 saturated heterocycles. The molecule has 1 N–H and O–H groups in total. The number of carbonyl (C=O) groups is 1. The summed E-state index contributed by atoms with van der Waals surface area (Å²) in [6.07, 6.45) is 0. The summed E-state index contributed by atoms with van der Waals surface area (Å²) in [5.41, 5.74) is 2.05. The molecule has 1 aromatic heterocycles. The predicted molar refractivity (Wildman–Crippen MR) is 99.3 cm³/mol. The molecular formula is C18H15Cl2N3O2. The monoisotopic (exact) mass is 375 g/mol. The van der Waals surface area contributed by atoms with Gasteiger partial charge in [0.2, 0.25) is 0 Å². The van der Waals surface area contributed by atoms with Crippen LogP contribution in [0.2, 0.25) is 10.2 Å². The number of benzene rings is 2. The number of rotatable bonds is 4. The summed E-state index contributed by atoms with van der Waals surface area (Å²) in [7, 11) is 1.52. The normalized spacial score (nSPS) is 10.6. The molecule has 0 unspecified atom stereocenters. The van der Waals surface area contributed by atoms with E-state index in [0.717, 1.165) is 5.69 Å². The molecule has 0 atom stereocenters. The molecule has 0 aliphatic rings. The van der Waals surface area contributed by atoms with Crippen LogP contribution in [0.4, 0.5) is 5.69 Å². The van der Waals surface area contributed by atoms with Crippen molar-refractivity contribution < 1.29 is 9.53 Å². The summed E-state index contributed by atoms with van der Waals surface area (Å²) in [6.45, 7) is 1.73. The standard InChI is InChI=1S/C18H15Cl2N3O2/c1-11-16(17(20)23(22-11)13-6-4-3-5-7-13)18(24)21-14-10-12(19)8-9-15(14)25-2/h3-10H,1-2H3,(H,21,24). The van der Waals surface area contributed by atoms with Crippen molar-refractivity contribution in [3.63, 3.8) is 0 Å². The first-order chi connectivity index (χ1) is 12.0. The smallest absolute Gasteiger partial charge is 0.260 e. The molecular weight excluding hydrogens is 361 g/mol. The molecule has 3 aromatic rings. The first-order valence-electron chi connectivity index (χ1n) is 7.46. The Morgan fingerprint density at radius 3 is 2.56 bits per heavy atom. The van der Waals surface area contributed by atoms with Crippen molar-refractivity contribution in [3.8, 4) is 11.4 Å². The molecule has 0 saturated carbocycles. The molecule has 0 aliphatic carbocycles. The molecule has 0 radical (unpaired) electrons. The number of nitrogens with one attached hydrogen (secondary N) is 1. The Labute approximate surface area is 155 Å². The van der Waals surface area contributed by atoms with Gasteiger partial charge >= 0.3 is 0 Å². The van der Waals surface area contributed by atoms with Crippen LogP contribution in [0.25, 0.3) is 5.69 Å². The molecule has 7 heteroatoms. The van der Waals surface area contributed by atoms with Gasteiger partial charge in [0.25, 0.3) is 5.91 Å². The van der Waals surface area contributed by atoms with E-state index in [1.165, 1.54) is 11.8 Å². The average molecular weight is 376 g/mol. The lowest BCUT2D eigenvalue weighted by Crippen LogP contribution is -2.14. The summed E-state index contributed by atoms with van der Waals surface area (Å²) in [4.78, 5) is 12.7. The molecule has 1 amide bonds. The SMILES string of the molecule is COc1ccc(Cl)cc1NC(=O)c1c(C)nn(-c2ccccc2)c1Cl. The van der Waals surface area contributed by atoms with E-state index in [-0.39, 0.29) is 11.1 Å².